The van der Waals surface area contributed by atoms with Crippen molar-refractivity contribution in [2.45, 2.75) is 64.1 Å². The van der Waals surface area contributed by atoms with E-state index in [0.717, 1.165) is 11.4 Å². The fourth-order valence-electron chi connectivity index (χ4n) is 4.28. The molecule has 2 fully saturated rings. The lowest BCUT2D eigenvalue weighted by molar-refractivity contribution is 0.325. The molecule has 1 saturated carbocycles. The van der Waals surface area contributed by atoms with Gasteiger partial charge in [0.25, 0.3) is 0 Å². The zero-order chi connectivity index (χ0) is 14.4. The Balaban J connectivity index is 1.74. The Kier molecular flexibility index (Phi) is 3.21. The maximum atomic E-state index is 4.91. The SMILES string of the molecule is CC(C)n1c(C2CC3CCCCC3N2)nc2cnccc21. The number of hydrogen-bond acceptors (Lipinski definition) is 3. The van der Waals surface area contributed by atoms with E-state index in [-0.39, 0.29) is 0 Å². The highest BCUT2D eigenvalue weighted by molar-refractivity contribution is 5.75. The number of rotatable bonds is 2. The van der Waals surface area contributed by atoms with Crippen LogP contribution in [0.5, 0.6) is 0 Å². The van der Waals surface area contributed by atoms with Gasteiger partial charge in [0.15, 0.2) is 0 Å². The van der Waals surface area contributed by atoms with Gasteiger partial charge in [-0.25, -0.2) is 4.98 Å². The van der Waals surface area contributed by atoms with E-state index in [2.05, 4.69) is 34.8 Å². The second-order valence-corrected chi connectivity index (χ2v) is 6.90. The van der Waals surface area contributed by atoms with Crippen molar-refractivity contribution in [2.75, 3.05) is 0 Å². The zero-order valence-corrected chi connectivity index (χ0v) is 12.9. The first-order valence-corrected chi connectivity index (χ1v) is 8.32. The molecule has 2 aromatic heterocycles. The van der Waals surface area contributed by atoms with Gasteiger partial charge in [-0.15, -0.1) is 0 Å². The summed E-state index contributed by atoms with van der Waals surface area (Å²) in [7, 11) is 0. The van der Waals surface area contributed by atoms with Crippen LogP contribution in [0.1, 0.15) is 63.9 Å². The van der Waals surface area contributed by atoms with Crippen LogP contribution in [-0.2, 0) is 0 Å². The lowest BCUT2D eigenvalue weighted by Crippen LogP contribution is -2.31. The average Bonchev–Trinajstić information content (AvgIpc) is 3.08. The average molecular weight is 284 g/mol. The normalized spacial score (nSPS) is 29.2. The third-order valence-corrected chi connectivity index (χ3v) is 5.21. The first-order chi connectivity index (χ1) is 10.2. The van der Waals surface area contributed by atoms with Crippen LogP contribution in [0.4, 0.5) is 0 Å². The molecule has 4 nitrogen and oxygen atoms in total. The molecule has 1 aliphatic carbocycles. The van der Waals surface area contributed by atoms with Crippen molar-refractivity contribution >= 4 is 11.0 Å². The summed E-state index contributed by atoms with van der Waals surface area (Å²) in [4.78, 5) is 9.14. The molecule has 0 bridgehead atoms. The highest BCUT2D eigenvalue weighted by atomic mass is 15.2. The summed E-state index contributed by atoms with van der Waals surface area (Å²) in [5.74, 6) is 2.06. The molecule has 4 heteroatoms. The number of hydrogen-bond donors (Lipinski definition) is 1. The van der Waals surface area contributed by atoms with Crippen molar-refractivity contribution in [3.8, 4) is 0 Å². The van der Waals surface area contributed by atoms with Gasteiger partial charge in [-0.05, 0) is 45.1 Å². The second-order valence-electron chi connectivity index (χ2n) is 6.90. The number of aromatic nitrogens is 3. The summed E-state index contributed by atoms with van der Waals surface area (Å²) >= 11 is 0. The summed E-state index contributed by atoms with van der Waals surface area (Å²) in [6.45, 7) is 4.49. The Hall–Kier alpha value is -1.42. The van der Waals surface area contributed by atoms with Crippen LogP contribution in [0.15, 0.2) is 18.5 Å². The van der Waals surface area contributed by atoms with Gasteiger partial charge in [0.1, 0.15) is 11.3 Å². The lowest BCUT2D eigenvalue weighted by atomic mass is 9.85. The molecule has 2 aromatic rings. The summed E-state index contributed by atoms with van der Waals surface area (Å²) in [5, 5.41) is 3.86. The molecule has 0 spiro atoms. The largest absolute Gasteiger partial charge is 0.324 e. The van der Waals surface area contributed by atoms with E-state index < -0.39 is 0 Å². The molecule has 112 valence electrons. The first-order valence-electron chi connectivity index (χ1n) is 8.32. The number of fused-ring (bicyclic) bond motifs is 2. The van der Waals surface area contributed by atoms with Gasteiger partial charge in [0.2, 0.25) is 0 Å². The van der Waals surface area contributed by atoms with Gasteiger partial charge in [-0.2, -0.15) is 0 Å². The van der Waals surface area contributed by atoms with Crippen molar-refractivity contribution in [3.63, 3.8) is 0 Å². The molecule has 21 heavy (non-hydrogen) atoms. The van der Waals surface area contributed by atoms with Gasteiger partial charge < -0.3 is 9.88 Å². The Morgan fingerprint density at radius 1 is 1.29 bits per heavy atom. The number of pyridine rings is 1. The molecule has 3 atom stereocenters. The predicted octanol–water partition coefficient (Wildman–Crippen LogP) is 3.61. The van der Waals surface area contributed by atoms with Gasteiger partial charge in [-0.3, -0.25) is 4.98 Å². The van der Waals surface area contributed by atoms with Gasteiger partial charge in [0, 0.05) is 18.3 Å². The highest BCUT2D eigenvalue weighted by Crippen LogP contribution is 2.40. The molecule has 1 aliphatic heterocycles. The zero-order valence-electron chi connectivity index (χ0n) is 12.9. The topological polar surface area (TPSA) is 42.7 Å². The molecule has 0 amide bonds. The lowest BCUT2D eigenvalue weighted by Gasteiger charge is -2.24. The Morgan fingerprint density at radius 2 is 2.14 bits per heavy atom. The van der Waals surface area contributed by atoms with E-state index in [1.807, 2.05) is 12.4 Å². The monoisotopic (exact) mass is 284 g/mol. The highest BCUT2D eigenvalue weighted by Gasteiger charge is 2.38. The Labute approximate surface area is 126 Å². The molecule has 4 rings (SSSR count). The molecular formula is C17H24N4. The molecule has 0 radical (unpaired) electrons. The van der Waals surface area contributed by atoms with E-state index in [1.165, 1.54) is 43.4 Å². The minimum atomic E-state index is 0.410. The van der Waals surface area contributed by atoms with Crippen LogP contribution in [0.25, 0.3) is 11.0 Å². The number of imidazole rings is 1. The van der Waals surface area contributed by atoms with Gasteiger partial charge in [-0.1, -0.05) is 12.8 Å². The molecule has 2 aliphatic rings. The fourth-order valence-corrected chi connectivity index (χ4v) is 4.28. The van der Waals surface area contributed by atoms with E-state index in [0.29, 0.717) is 18.1 Å². The van der Waals surface area contributed by atoms with Crippen LogP contribution >= 0.6 is 0 Å². The maximum absolute atomic E-state index is 4.91. The quantitative estimate of drug-likeness (QED) is 0.916. The minimum absolute atomic E-state index is 0.410. The van der Waals surface area contributed by atoms with E-state index >= 15 is 0 Å². The molecule has 3 heterocycles. The van der Waals surface area contributed by atoms with Crippen LogP contribution in [0.3, 0.4) is 0 Å². The predicted molar refractivity (Wildman–Crippen MR) is 84.2 cm³/mol. The summed E-state index contributed by atoms with van der Waals surface area (Å²) < 4.78 is 2.39. The van der Waals surface area contributed by atoms with Gasteiger partial charge in [0.05, 0.1) is 17.8 Å². The van der Waals surface area contributed by atoms with Crippen LogP contribution in [0, 0.1) is 5.92 Å². The second kappa shape index (κ2) is 5.09. The van der Waals surface area contributed by atoms with E-state index in [4.69, 9.17) is 4.98 Å². The van der Waals surface area contributed by atoms with E-state index in [1.54, 1.807) is 0 Å². The van der Waals surface area contributed by atoms with Gasteiger partial charge >= 0.3 is 0 Å². The third kappa shape index (κ3) is 2.16. The Bertz CT molecular complexity index is 631. The van der Waals surface area contributed by atoms with Crippen molar-refractivity contribution in [1.82, 2.24) is 19.9 Å². The minimum Gasteiger partial charge on any atom is -0.324 e. The number of nitrogens with one attached hydrogen (secondary N) is 1. The number of nitrogens with zero attached hydrogens (tertiary/aromatic N) is 3. The van der Waals surface area contributed by atoms with Crippen molar-refractivity contribution in [2.24, 2.45) is 5.92 Å². The fraction of sp³-hybridized carbons (Fsp3) is 0.647. The first kappa shape index (κ1) is 13.3. The molecule has 1 saturated heterocycles. The molecular weight excluding hydrogens is 260 g/mol. The third-order valence-electron chi connectivity index (χ3n) is 5.21. The van der Waals surface area contributed by atoms with Crippen LogP contribution in [0.2, 0.25) is 0 Å². The molecule has 3 unspecified atom stereocenters. The van der Waals surface area contributed by atoms with Crippen molar-refractivity contribution in [1.29, 1.82) is 0 Å². The van der Waals surface area contributed by atoms with Crippen LogP contribution < -0.4 is 5.32 Å². The molecule has 1 N–H and O–H groups in total. The molecule has 0 aromatic carbocycles. The summed E-state index contributed by atoms with van der Waals surface area (Å²) in [6, 6.07) is 3.64. The van der Waals surface area contributed by atoms with Crippen molar-refractivity contribution in [3.05, 3.63) is 24.3 Å². The Morgan fingerprint density at radius 3 is 2.95 bits per heavy atom. The van der Waals surface area contributed by atoms with Crippen molar-refractivity contribution < 1.29 is 0 Å². The standard InChI is InChI=1S/C17H24N4/c1-11(2)21-16-7-8-18-10-15(16)20-17(21)14-9-12-5-3-4-6-13(12)19-14/h7-8,10-14,19H,3-6,9H2,1-2H3. The summed E-state index contributed by atoms with van der Waals surface area (Å²) in [6.07, 6.45) is 10.5. The van der Waals surface area contributed by atoms with Crippen LogP contribution in [-0.4, -0.2) is 20.6 Å². The maximum Gasteiger partial charge on any atom is 0.127 e. The smallest absolute Gasteiger partial charge is 0.127 e. The summed E-state index contributed by atoms with van der Waals surface area (Å²) in [5.41, 5.74) is 2.24. The van der Waals surface area contributed by atoms with E-state index in [9.17, 15) is 0 Å².